The SMILES string of the molecule is Cc1ccc(NC2CCC(C)CC2C)c(C)n1. The minimum Gasteiger partial charge on any atom is -0.381 e. The minimum atomic E-state index is 0.620. The van der Waals surface area contributed by atoms with Gasteiger partial charge in [0.1, 0.15) is 0 Å². The molecule has 17 heavy (non-hydrogen) atoms. The molecule has 1 N–H and O–H groups in total. The normalized spacial score (nSPS) is 29.1. The Morgan fingerprint density at radius 2 is 1.94 bits per heavy atom. The van der Waals surface area contributed by atoms with Crippen molar-refractivity contribution in [3.05, 3.63) is 23.5 Å². The maximum atomic E-state index is 4.52. The molecule has 3 unspecified atom stereocenters. The van der Waals surface area contributed by atoms with Gasteiger partial charge in [0.25, 0.3) is 0 Å². The van der Waals surface area contributed by atoms with E-state index in [4.69, 9.17) is 0 Å². The summed E-state index contributed by atoms with van der Waals surface area (Å²) < 4.78 is 0. The molecule has 2 nitrogen and oxygen atoms in total. The van der Waals surface area contributed by atoms with Gasteiger partial charge in [-0.25, -0.2) is 0 Å². The van der Waals surface area contributed by atoms with E-state index in [1.165, 1.54) is 24.9 Å². The molecule has 2 rings (SSSR count). The van der Waals surface area contributed by atoms with Gasteiger partial charge in [0, 0.05) is 11.7 Å². The maximum Gasteiger partial charge on any atom is 0.0606 e. The van der Waals surface area contributed by atoms with Crippen LogP contribution in [0.4, 0.5) is 5.69 Å². The summed E-state index contributed by atoms with van der Waals surface area (Å²) in [4.78, 5) is 4.52. The van der Waals surface area contributed by atoms with Crippen LogP contribution in [0.3, 0.4) is 0 Å². The third-order valence-corrected chi connectivity index (χ3v) is 4.00. The molecule has 0 saturated heterocycles. The highest BCUT2D eigenvalue weighted by Crippen LogP contribution is 2.31. The highest BCUT2D eigenvalue weighted by Gasteiger charge is 2.25. The largest absolute Gasteiger partial charge is 0.381 e. The monoisotopic (exact) mass is 232 g/mol. The zero-order valence-electron chi connectivity index (χ0n) is 11.5. The van der Waals surface area contributed by atoms with Gasteiger partial charge >= 0.3 is 0 Å². The second kappa shape index (κ2) is 5.07. The van der Waals surface area contributed by atoms with Crippen molar-refractivity contribution in [2.24, 2.45) is 11.8 Å². The molecule has 0 radical (unpaired) electrons. The number of aromatic nitrogens is 1. The summed E-state index contributed by atoms with van der Waals surface area (Å²) in [6, 6.07) is 4.88. The highest BCUT2D eigenvalue weighted by molar-refractivity contribution is 5.48. The van der Waals surface area contributed by atoms with E-state index in [-0.39, 0.29) is 0 Å². The van der Waals surface area contributed by atoms with E-state index in [1.54, 1.807) is 0 Å². The van der Waals surface area contributed by atoms with E-state index in [1.807, 2.05) is 6.92 Å². The quantitative estimate of drug-likeness (QED) is 0.835. The van der Waals surface area contributed by atoms with Crippen LogP contribution in [0.1, 0.15) is 44.5 Å². The molecule has 1 aromatic rings. The summed E-state index contributed by atoms with van der Waals surface area (Å²) in [7, 11) is 0. The lowest BCUT2D eigenvalue weighted by molar-refractivity contribution is 0.276. The Hall–Kier alpha value is -1.05. The molecule has 0 aliphatic heterocycles. The van der Waals surface area contributed by atoms with Crippen molar-refractivity contribution in [1.82, 2.24) is 4.98 Å². The average Bonchev–Trinajstić information content (AvgIpc) is 2.25. The first-order chi connectivity index (χ1) is 8.06. The smallest absolute Gasteiger partial charge is 0.0606 e. The van der Waals surface area contributed by atoms with Gasteiger partial charge in [-0.05, 0) is 57.1 Å². The second-order valence-corrected chi connectivity index (χ2v) is 5.73. The summed E-state index contributed by atoms with van der Waals surface area (Å²) in [5.41, 5.74) is 3.43. The number of rotatable bonds is 2. The topological polar surface area (TPSA) is 24.9 Å². The van der Waals surface area contributed by atoms with Crippen LogP contribution >= 0.6 is 0 Å². The molecule has 1 aliphatic rings. The Balaban J connectivity index is 2.05. The summed E-state index contributed by atoms with van der Waals surface area (Å²) in [5, 5.41) is 3.68. The molecule has 94 valence electrons. The van der Waals surface area contributed by atoms with Crippen LogP contribution < -0.4 is 5.32 Å². The van der Waals surface area contributed by atoms with Crippen molar-refractivity contribution in [1.29, 1.82) is 0 Å². The highest BCUT2D eigenvalue weighted by atomic mass is 14.9. The van der Waals surface area contributed by atoms with Gasteiger partial charge in [-0.1, -0.05) is 13.8 Å². The molecule has 0 bridgehead atoms. The van der Waals surface area contributed by atoms with E-state index < -0.39 is 0 Å². The molecule has 1 heterocycles. The molecule has 1 aromatic heterocycles. The molecule has 2 heteroatoms. The summed E-state index contributed by atoms with van der Waals surface area (Å²) in [6.45, 7) is 8.86. The summed E-state index contributed by atoms with van der Waals surface area (Å²) in [6.07, 6.45) is 3.98. The lowest BCUT2D eigenvalue weighted by atomic mass is 9.80. The first-order valence-electron chi connectivity index (χ1n) is 6.77. The Kier molecular flexibility index (Phi) is 3.70. The van der Waals surface area contributed by atoms with E-state index in [9.17, 15) is 0 Å². The fourth-order valence-corrected chi connectivity index (χ4v) is 2.92. The van der Waals surface area contributed by atoms with Crippen molar-refractivity contribution in [3.8, 4) is 0 Å². The number of hydrogen-bond acceptors (Lipinski definition) is 2. The molecule has 1 aliphatic carbocycles. The molecule has 1 saturated carbocycles. The summed E-state index contributed by atoms with van der Waals surface area (Å²) in [5.74, 6) is 1.65. The Bertz CT molecular complexity index is 387. The third-order valence-electron chi connectivity index (χ3n) is 4.00. The molecule has 0 amide bonds. The lowest BCUT2D eigenvalue weighted by Gasteiger charge is -2.34. The fraction of sp³-hybridized carbons (Fsp3) is 0.667. The Morgan fingerprint density at radius 1 is 1.18 bits per heavy atom. The van der Waals surface area contributed by atoms with Crippen molar-refractivity contribution in [3.63, 3.8) is 0 Å². The van der Waals surface area contributed by atoms with Crippen LogP contribution in [-0.2, 0) is 0 Å². The van der Waals surface area contributed by atoms with Gasteiger partial charge in [0.05, 0.1) is 11.4 Å². The van der Waals surface area contributed by atoms with Gasteiger partial charge in [-0.3, -0.25) is 4.98 Å². The zero-order valence-corrected chi connectivity index (χ0v) is 11.5. The van der Waals surface area contributed by atoms with Gasteiger partial charge in [-0.2, -0.15) is 0 Å². The number of nitrogens with zero attached hydrogens (tertiary/aromatic N) is 1. The number of hydrogen-bond donors (Lipinski definition) is 1. The number of aryl methyl sites for hydroxylation is 2. The first-order valence-corrected chi connectivity index (χ1v) is 6.77. The number of anilines is 1. The Labute approximate surface area is 105 Å². The third kappa shape index (κ3) is 2.99. The van der Waals surface area contributed by atoms with Crippen molar-refractivity contribution in [2.45, 2.75) is 53.0 Å². The van der Waals surface area contributed by atoms with E-state index in [0.29, 0.717) is 6.04 Å². The lowest BCUT2D eigenvalue weighted by Crippen LogP contribution is -2.33. The predicted octanol–water partition coefficient (Wildman–Crippen LogP) is 3.94. The minimum absolute atomic E-state index is 0.620. The zero-order chi connectivity index (χ0) is 12.4. The van der Waals surface area contributed by atoms with E-state index in [2.05, 4.69) is 43.2 Å². The molecule has 0 aromatic carbocycles. The van der Waals surface area contributed by atoms with Crippen LogP contribution in [0.25, 0.3) is 0 Å². The second-order valence-electron chi connectivity index (χ2n) is 5.73. The van der Waals surface area contributed by atoms with Gasteiger partial charge in [0.2, 0.25) is 0 Å². The molecular weight excluding hydrogens is 208 g/mol. The molecule has 1 fully saturated rings. The number of pyridine rings is 1. The average molecular weight is 232 g/mol. The van der Waals surface area contributed by atoms with Crippen molar-refractivity contribution < 1.29 is 0 Å². The number of nitrogens with one attached hydrogen (secondary N) is 1. The summed E-state index contributed by atoms with van der Waals surface area (Å²) >= 11 is 0. The van der Waals surface area contributed by atoms with Gasteiger partial charge in [0.15, 0.2) is 0 Å². The van der Waals surface area contributed by atoms with Crippen molar-refractivity contribution >= 4 is 5.69 Å². The van der Waals surface area contributed by atoms with Crippen LogP contribution in [0, 0.1) is 25.7 Å². The van der Waals surface area contributed by atoms with E-state index in [0.717, 1.165) is 23.2 Å². The first kappa shape index (κ1) is 12.4. The molecular formula is C15H24N2. The van der Waals surface area contributed by atoms with Gasteiger partial charge in [-0.15, -0.1) is 0 Å². The van der Waals surface area contributed by atoms with Crippen LogP contribution in [0.5, 0.6) is 0 Å². The van der Waals surface area contributed by atoms with Crippen LogP contribution in [-0.4, -0.2) is 11.0 Å². The fourth-order valence-electron chi connectivity index (χ4n) is 2.92. The van der Waals surface area contributed by atoms with Crippen molar-refractivity contribution in [2.75, 3.05) is 5.32 Å². The predicted molar refractivity (Wildman–Crippen MR) is 73.3 cm³/mol. The van der Waals surface area contributed by atoms with Crippen LogP contribution in [0.15, 0.2) is 12.1 Å². The van der Waals surface area contributed by atoms with Gasteiger partial charge < -0.3 is 5.32 Å². The Morgan fingerprint density at radius 3 is 2.59 bits per heavy atom. The van der Waals surface area contributed by atoms with E-state index >= 15 is 0 Å². The molecule has 0 spiro atoms. The maximum absolute atomic E-state index is 4.52. The molecule has 3 atom stereocenters. The standard InChI is InChI=1S/C15H24N2/c1-10-5-7-14(11(2)9-10)17-15-8-6-12(3)16-13(15)4/h6,8,10-11,14,17H,5,7,9H2,1-4H3. The van der Waals surface area contributed by atoms with Crippen LogP contribution in [0.2, 0.25) is 0 Å².